The fourth-order valence-corrected chi connectivity index (χ4v) is 2.79. The van der Waals surface area contributed by atoms with Crippen LogP contribution in [0.1, 0.15) is 33.0 Å². The normalized spacial score (nSPS) is 16.1. The van der Waals surface area contributed by atoms with Gasteiger partial charge in [-0.15, -0.1) is 0 Å². The monoisotopic (exact) mass is 284 g/mol. The van der Waals surface area contributed by atoms with Gasteiger partial charge in [0.2, 0.25) is 5.91 Å². The highest BCUT2D eigenvalue weighted by Gasteiger charge is 2.24. The molecule has 0 spiro atoms. The number of hydrogen-bond donors (Lipinski definition) is 2. The maximum absolute atomic E-state index is 13.7. The number of rotatable bonds is 5. The van der Waals surface area contributed by atoms with E-state index >= 15 is 0 Å². The zero-order valence-electron chi connectivity index (χ0n) is 11.6. The second kappa shape index (κ2) is 5.66. The van der Waals surface area contributed by atoms with Crippen molar-refractivity contribution in [3.05, 3.63) is 70.5 Å². The first-order chi connectivity index (χ1) is 10.1. The highest BCUT2D eigenvalue weighted by Crippen LogP contribution is 2.34. The van der Waals surface area contributed by atoms with Gasteiger partial charge in [0.05, 0.1) is 0 Å². The van der Waals surface area contributed by atoms with Gasteiger partial charge in [0.15, 0.2) is 0 Å². The molecule has 0 radical (unpaired) electrons. The number of benzene rings is 2. The molecule has 1 atom stereocenters. The zero-order valence-corrected chi connectivity index (χ0v) is 11.6. The van der Waals surface area contributed by atoms with Gasteiger partial charge in [-0.05, 0) is 35.7 Å². The summed E-state index contributed by atoms with van der Waals surface area (Å²) in [5.74, 6) is -0.366. The number of carbonyl (C=O) groups is 1. The molecule has 1 aliphatic rings. The van der Waals surface area contributed by atoms with Gasteiger partial charge in [-0.25, -0.2) is 4.39 Å². The Morgan fingerprint density at radius 1 is 1.29 bits per heavy atom. The standard InChI is InChI=1S/C17H17FN2O/c18-16-6-5-12(17(19)21)8-14(16)10-20-9-13-7-11-3-1-2-4-15(11)13/h1-6,8,13,20H,7,9-10H2,(H2,19,21). The lowest BCUT2D eigenvalue weighted by Crippen LogP contribution is -2.29. The molecule has 0 bridgehead atoms. The molecule has 0 fully saturated rings. The third kappa shape index (κ3) is 2.81. The van der Waals surface area contributed by atoms with Gasteiger partial charge < -0.3 is 11.1 Å². The van der Waals surface area contributed by atoms with Gasteiger partial charge in [-0.2, -0.15) is 0 Å². The van der Waals surface area contributed by atoms with Gasteiger partial charge in [0.25, 0.3) is 0 Å². The number of carbonyl (C=O) groups excluding carboxylic acids is 1. The van der Waals surface area contributed by atoms with E-state index in [4.69, 9.17) is 5.73 Å². The van der Waals surface area contributed by atoms with Crippen molar-refractivity contribution in [2.24, 2.45) is 5.73 Å². The number of hydrogen-bond acceptors (Lipinski definition) is 2. The summed E-state index contributed by atoms with van der Waals surface area (Å²) in [4.78, 5) is 11.1. The number of nitrogens with two attached hydrogens (primary N) is 1. The average Bonchev–Trinajstić information content (AvgIpc) is 2.45. The maximum Gasteiger partial charge on any atom is 0.248 e. The lowest BCUT2D eigenvalue weighted by Gasteiger charge is -2.30. The van der Waals surface area contributed by atoms with Crippen molar-refractivity contribution in [1.82, 2.24) is 5.32 Å². The van der Waals surface area contributed by atoms with Crippen LogP contribution in [0.15, 0.2) is 42.5 Å². The van der Waals surface area contributed by atoms with Crippen molar-refractivity contribution < 1.29 is 9.18 Å². The molecule has 1 amide bonds. The van der Waals surface area contributed by atoms with Crippen molar-refractivity contribution >= 4 is 5.91 Å². The summed E-state index contributed by atoms with van der Waals surface area (Å²) in [6.45, 7) is 1.20. The third-order valence-electron chi connectivity index (χ3n) is 4.00. The summed E-state index contributed by atoms with van der Waals surface area (Å²) in [6, 6.07) is 12.6. The van der Waals surface area contributed by atoms with E-state index in [2.05, 4.69) is 17.4 Å². The smallest absolute Gasteiger partial charge is 0.248 e. The SMILES string of the molecule is NC(=O)c1ccc(F)c(CNCC2Cc3ccccc32)c1. The lowest BCUT2D eigenvalue weighted by molar-refractivity contribution is 0.1000. The van der Waals surface area contributed by atoms with Crippen LogP contribution in [0.3, 0.4) is 0 Å². The molecule has 0 aliphatic heterocycles. The van der Waals surface area contributed by atoms with Crippen LogP contribution in [0.5, 0.6) is 0 Å². The highest BCUT2D eigenvalue weighted by molar-refractivity contribution is 5.92. The molecule has 1 unspecified atom stereocenters. The van der Waals surface area contributed by atoms with Crippen LogP contribution in [0.4, 0.5) is 4.39 Å². The molecule has 108 valence electrons. The molecule has 4 heteroatoms. The second-order valence-corrected chi connectivity index (χ2v) is 5.40. The van der Waals surface area contributed by atoms with Crippen LogP contribution in [0.25, 0.3) is 0 Å². The predicted molar refractivity (Wildman–Crippen MR) is 79.5 cm³/mol. The number of primary amides is 1. The average molecular weight is 284 g/mol. The molecule has 0 heterocycles. The van der Waals surface area contributed by atoms with Crippen molar-refractivity contribution in [2.45, 2.75) is 18.9 Å². The van der Waals surface area contributed by atoms with Crippen molar-refractivity contribution in [3.8, 4) is 0 Å². The Morgan fingerprint density at radius 3 is 2.86 bits per heavy atom. The molecule has 3 nitrogen and oxygen atoms in total. The van der Waals surface area contributed by atoms with E-state index in [1.54, 1.807) is 0 Å². The van der Waals surface area contributed by atoms with Gasteiger partial charge >= 0.3 is 0 Å². The van der Waals surface area contributed by atoms with Crippen molar-refractivity contribution in [3.63, 3.8) is 0 Å². The Morgan fingerprint density at radius 2 is 2.10 bits per heavy atom. The van der Waals surface area contributed by atoms with Crippen molar-refractivity contribution in [2.75, 3.05) is 6.54 Å². The van der Waals surface area contributed by atoms with Crippen LogP contribution in [-0.2, 0) is 13.0 Å². The Kier molecular flexibility index (Phi) is 3.71. The third-order valence-corrected chi connectivity index (χ3v) is 4.00. The van der Waals surface area contributed by atoms with E-state index < -0.39 is 5.91 Å². The minimum Gasteiger partial charge on any atom is -0.366 e. The van der Waals surface area contributed by atoms with Crippen LogP contribution < -0.4 is 11.1 Å². The Bertz CT molecular complexity index is 684. The molecule has 3 N–H and O–H groups in total. The lowest BCUT2D eigenvalue weighted by atomic mass is 9.77. The largest absolute Gasteiger partial charge is 0.366 e. The van der Waals surface area contributed by atoms with Crippen LogP contribution in [-0.4, -0.2) is 12.5 Å². The molecule has 2 aromatic carbocycles. The summed E-state index contributed by atoms with van der Waals surface area (Å²) in [5.41, 5.74) is 8.78. The number of amides is 1. The Labute approximate surface area is 123 Å². The van der Waals surface area contributed by atoms with Gasteiger partial charge in [-0.3, -0.25) is 4.79 Å². The quantitative estimate of drug-likeness (QED) is 0.885. The molecule has 3 rings (SSSR count). The first-order valence-electron chi connectivity index (χ1n) is 7.02. The fraction of sp³-hybridized carbons (Fsp3) is 0.235. The fourth-order valence-electron chi connectivity index (χ4n) is 2.79. The van der Waals surface area contributed by atoms with Crippen molar-refractivity contribution in [1.29, 1.82) is 0 Å². The summed E-state index contributed by atoms with van der Waals surface area (Å²) in [7, 11) is 0. The van der Waals surface area contributed by atoms with Gasteiger partial charge in [-0.1, -0.05) is 24.3 Å². The summed E-state index contributed by atoms with van der Waals surface area (Å²) >= 11 is 0. The van der Waals surface area contributed by atoms with E-state index in [9.17, 15) is 9.18 Å². The molecule has 0 saturated heterocycles. The molecular weight excluding hydrogens is 267 g/mol. The van der Waals surface area contributed by atoms with E-state index in [1.165, 1.54) is 29.3 Å². The van der Waals surface area contributed by atoms with E-state index in [0.29, 0.717) is 23.6 Å². The van der Waals surface area contributed by atoms with Crippen LogP contribution >= 0.6 is 0 Å². The summed E-state index contributed by atoms with van der Waals surface area (Å²) in [6.07, 6.45) is 1.06. The number of halogens is 1. The van der Waals surface area contributed by atoms with Gasteiger partial charge in [0.1, 0.15) is 5.82 Å². The predicted octanol–water partition coefficient (Wildman–Crippen LogP) is 2.35. The summed E-state index contributed by atoms with van der Waals surface area (Å²) in [5, 5.41) is 3.26. The minimum atomic E-state index is -0.538. The Hall–Kier alpha value is -2.20. The molecule has 2 aromatic rings. The van der Waals surface area contributed by atoms with Gasteiger partial charge in [0, 0.05) is 30.1 Å². The zero-order chi connectivity index (χ0) is 14.8. The number of fused-ring (bicyclic) bond motifs is 1. The molecule has 1 aliphatic carbocycles. The number of nitrogens with one attached hydrogen (secondary N) is 1. The first kappa shape index (κ1) is 13.8. The minimum absolute atomic E-state index is 0.318. The maximum atomic E-state index is 13.7. The highest BCUT2D eigenvalue weighted by atomic mass is 19.1. The van der Waals surface area contributed by atoms with Crippen LogP contribution in [0, 0.1) is 5.82 Å². The van der Waals surface area contributed by atoms with E-state index in [0.717, 1.165) is 13.0 Å². The van der Waals surface area contributed by atoms with E-state index in [-0.39, 0.29) is 5.82 Å². The molecular formula is C17H17FN2O. The second-order valence-electron chi connectivity index (χ2n) is 5.40. The molecule has 0 saturated carbocycles. The Balaban J connectivity index is 1.59. The topological polar surface area (TPSA) is 55.1 Å². The molecule has 21 heavy (non-hydrogen) atoms. The van der Waals surface area contributed by atoms with E-state index in [1.807, 2.05) is 12.1 Å². The molecule has 0 aromatic heterocycles. The summed E-state index contributed by atoms with van der Waals surface area (Å²) < 4.78 is 13.7. The first-order valence-corrected chi connectivity index (χ1v) is 7.02. The van der Waals surface area contributed by atoms with Crippen LogP contribution in [0.2, 0.25) is 0 Å².